The summed E-state index contributed by atoms with van der Waals surface area (Å²) in [4.78, 5) is 5.05. The molecule has 3 aliphatic carbocycles. The fraction of sp³-hybridized carbons (Fsp3) is 0.0976. The van der Waals surface area contributed by atoms with Crippen molar-refractivity contribution in [3.8, 4) is 0 Å². The molecular weight excluding hydrogens is 551 g/mol. The normalized spacial score (nSPS) is 16.1. The Morgan fingerprint density at radius 3 is 2.14 bits per heavy atom. The third-order valence-corrected chi connectivity index (χ3v) is 11.0. The first-order chi connectivity index (χ1) is 21.7. The molecule has 0 aromatic heterocycles. The van der Waals surface area contributed by atoms with Gasteiger partial charge in [-0.2, -0.15) is 0 Å². The van der Waals surface area contributed by atoms with Crippen molar-refractivity contribution >= 4 is 63.4 Å². The summed E-state index contributed by atoms with van der Waals surface area (Å²) in [7, 11) is -0.645. The van der Waals surface area contributed by atoms with Gasteiger partial charge >= 0.3 is 0 Å². The van der Waals surface area contributed by atoms with Gasteiger partial charge < -0.3 is 5.73 Å². The predicted octanol–water partition coefficient (Wildman–Crippen LogP) is 8.78. The number of allylic oxidation sites excluding steroid dienone is 5. The van der Waals surface area contributed by atoms with E-state index in [1.807, 2.05) is 13.8 Å². The molecule has 0 saturated heterocycles. The van der Waals surface area contributed by atoms with Gasteiger partial charge in [-0.1, -0.05) is 147 Å². The van der Waals surface area contributed by atoms with E-state index in [1.165, 1.54) is 48.9 Å². The van der Waals surface area contributed by atoms with Crippen molar-refractivity contribution in [1.82, 2.24) is 0 Å². The van der Waals surface area contributed by atoms with Gasteiger partial charge in [0.05, 0.1) is 11.4 Å². The van der Waals surface area contributed by atoms with Crippen LogP contribution in [0.3, 0.4) is 0 Å². The average Bonchev–Trinajstić information content (AvgIpc) is 3.68. The van der Waals surface area contributed by atoms with Gasteiger partial charge in [-0.15, -0.1) is 0 Å². The molecule has 5 aromatic carbocycles. The summed E-state index contributed by atoms with van der Waals surface area (Å²) < 4.78 is 0. The van der Waals surface area contributed by atoms with Crippen LogP contribution in [0.4, 0.5) is 0 Å². The lowest BCUT2D eigenvalue weighted by Gasteiger charge is -2.22. The van der Waals surface area contributed by atoms with Crippen molar-refractivity contribution in [3.63, 3.8) is 0 Å². The highest BCUT2D eigenvalue weighted by Gasteiger charge is 2.23. The fourth-order valence-corrected chi connectivity index (χ4v) is 8.92. The number of fused-ring (bicyclic) bond motifs is 1. The van der Waals surface area contributed by atoms with Crippen molar-refractivity contribution in [2.45, 2.75) is 26.7 Å². The van der Waals surface area contributed by atoms with Gasteiger partial charge in [0.2, 0.25) is 0 Å². The molecule has 0 amide bonds. The fourth-order valence-electron chi connectivity index (χ4n) is 6.42. The second kappa shape index (κ2) is 12.1. The zero-order valence-electron chi connectivity index (χ0n) is 25.2. The maximum Gasteiger partial charge on any atom is 0.0947 e. The number of aliphatic imine (C=N–C) groups is 1. The van der Waals surface area contributed by atoms with Crippen molar-refractivity contribution in [2.24, 2.45) is 10.7 Å². The molecule has 3 aliphatic rings. The molecule has 3 heteroatoms. The predicted molar refractivity (Wildman–Crippen MR) is 193 cm³/mol. The average molecular weight is 587 g/mol. The van der Waals surface area contributed by atoms with Crippen LogP contribution in [0.5, 0.6) is 0 Å². The molecule has 8 rings (SSSR count). The minimum Gasteiger partial charge on any atom is -0.396 e. The van der Waals surface area contributed by atoms with E-state index in [1.54, 1.807) is 0 Å². The summed E-state index contributed by atoms with van der Waals surface area (Å²) in [6.45, 7) is 4.00. The first kappa shape index (κ1) is 28.0. The monoisotopic (exact) mass is 586 g/mol. The molecule has 214 valence electrons. The van der Waals surface area contributed by atoms with Crippen LogP contribution in [-0.2, 0) is 6.42 Å². The number of rotatable bonds is 5. The molecule has 1 atom stereocenters. The highest BCUT2D eigenvalue weighted by molar-refractivity contribution is 7.79. The van der Waals surface area contributed by atoms with E-state index in [2.05, 4.69) is 140 Å². The Balaban J connectivity index is 0.00000153. The summed E-state index contributed by atoms with van der Waals surface area (Å²) in [6, 6.07) is 39.6. The van der Waals surface area contributed by atoms with Crippen molar-refractivity contribution < 1.29 is 0 Å². The number of nitrogens with two attached hydrogens (primary N) is 1. The maximum atomic E-state index is 6.60. The van der Waals surface area contributed by atoms with E-state index in [4.69, 9.17) is 10.7 Å². The van der Waals surface area contributed by atoms with E-state index in [0.717, 1.165) is 41.1 Å². The first-order valence-electron chi connectivity index (χ1n) is 15.5. The summed E-state index contributed by atoms with van der Waals surface area (Å²) in [5.41, 5.74) is 16.8. The minimum atomic E-state index is -0.645. The van der Waals surface area contributed by atoms with Crippen LogP contribution in [0.2, 0.25) is 0 Å². The number of hydrogen-bond acceptors (Lipinski definition) is 2. The molecular formula is C41H35N2P. The zero-order chi connectivity index (χ0) is 30.0. The number of hydrogen-bond donors (Lipinski definition) is 1. The smallest absolute Gasteiger partial charge is 0.0947 e. The Hall–Kier alpha value is -4.78. The molecule has 1 unspecified atom stereocenters. The highest BCUT2D eigenvalue weighted by atomic mass is 31.1. The largest absolute Gasteiger partial charge is 0.396 e. The van der Waals surface area contributed by atoms with E-state index in [-0.39, 0.29) is 0 Å². The molecule has 0 saturated carbocycles. The molecule has 0 heterocycles. The third-order valence-electron chi connectivity index (χ3n) is 8.47. The van der Waals surface area contributed by atoms with E-state index in [0.29, 0.717) is 0 Å². The van der Waals surface area contributed by atoms with E-state index < -0.39 is 7.92 Å². The van der Waals surface area contributed by atoms with Gasteiger partial charge in [-0.05, 0) is 64.0 Å². The number of benzene rings is 5. The minimum absolute atomic E-state index is 0.645. The molecule has 0 fully saturated rings. The summed E-state index contributed by atoms with van der Waals surface area (Å²) in [5.74, 6) is 0. The highest BCUT2D eigenvalue weighted by Crippen LogP contribution is 2.41. The first-order valence-corrected chi connectivity index (χ1v) is 16.8. The molecule has 5 aromatic rings. The van der Waals surface area contributed by atoms with Crippen LogP contribution in [0.25, 0.3) is 33.8 Å². The number of nitrogens with zero attached hydrogens (tertiary/aromatic N) is 1. The summed E-state index contributed by atoms with van der Waals surface area (Å²) in [5, 5.41) is 6.64. The van der Waals surface area contributed by atoms with E-state index >= 15 is 0 Å². The Labute approximate surface area is 261 Å². The Morgan fingerprint density at radius 1 is 0.659 bits per heavy atom. The van der Waals surface area contributed by atoms with Crippen LogP contribution >= 0.6 is 7.92 Å². The summed E-state index contributed by atoms with van der Waals surface area (Å²) in [6.07, 6.45) is 12.9. The molecule has 0 aliphatic heterocycles. The lowest BCUT2D eigenvalue weighted by molar-refractivity contribution is 1.34. The van der Waals surface area contributed by atoms with Gasteiger partial charge in [-0.3, -0.25) is 4.99 Å². The standard InChI is InChI=1S/C39H29N2P.C2H6/c40-38-34-15-5-10-29-11-6-16-35(37(29)34)39(38)41-30-22-18-26(19-23-30)27-20-24-32(25-21-27)42(31-12-2-1-3-13-31)36-17-7-9-28-8-4-14-33(28)36;1-2/h1-13,15-22,24-25H,14,23,40H2;1-2H3. The third kappa shape index (κ3) is 4.96. The van der Waals surface area contributed by atoms with Gasteiger partial charge in [0, 0.05) is 28.6 Å². The molecule has 2 nitrogen and oxygen atoms in total. The summed E-state index contributed by atoms with van der Waals surface area (Å²) >= 11 is 0. The Kier molecular flexibility index (Phi) is 7.69. The van der Waals surface area contributed by atoms with Crippen LogP contribution in [0.15, 0.2) is 138 Å². The quantitative estimate of drug-likeness (QED) is 0.206. The Bertz CT molecular complexity index is 2020. The molecule has 0 spiro atoms. The molecule has 2 N–H and O–H groups in total. The van der Waals surface area contributed by atoms with Crippen LogP contribution in [-0.4, -0.2) is 5.71 Å². The van der Waals surface area contributed by atoms with Gasteiger partial charge in [0.15, 0.2) is 0 Å². The lowest BCUT2D eigenvalue weighted by Crippen LogP contribution is -2.23. The maximum absolute atomic E-state index is 6.60. The molecule has 44 heavy (non-hydrogen) atoms. The van der Waals surface area contributed by atoms with Crippen LogP contribution in [0.1, 0.15) is 48.1 Å². The van der Waals surface area contributed by atoms with Gasteiger partial charge in [0.1, 0.15) is 0 Å². The van der Waals surface area contributed by atoms with Gasteiger partial charge in [0.25, 0.3) is 0 Å². The second-order valence-electron chi connectivity index (χ2n) is 10.9. The Morgan fingerprint density at radius 2 is 1.39 bits per heavy atom. The molecule has 0 radical (unpaired) electrons. The topological polar surface area (TPSA) is 38.4 Å². The zero-order valence-corrected chi connectivity index (χ0v) is 26.1. The van der Waals surface area contributed by atoms with Crippen molar-refractivity contribution in [2.75, 3.05) is 0 Å². The van der Waals surface area contributed by atoms with Crippen molar-refractivity contribution in [1.29, 1.82) is 0 Å². The van der Waals surface area contributed by atoms with Gasteiger partial charge in [-0.25, -0.2) is 0 Å². The van der Waals surface area contributed by atoms with Crippen LogP contribution < -0.4 is 21.6 Å². The van der Waals surface area contributed by atoms with E-state index in [9.17, 15) is 0 Å². The SMILES string of the molecule is CC.NC1=C(N=C2C=CC(c3ccc(P(c4ccccc4)c4cccc5c4CC=C5)cc3)=CC2)c2cccc3cccc1c23. The second-order valence-corrected chi connectivity index (χ2v) is 13.1. The van der Waals surface area contributed by atoms with Crippen molar-refractivity contribution in [3.05, 3.63) is 161 Å². The molecule has 0 bridgehead atoms. The lowest BCUT2D eigenvalue weighted by atomic mass is 9.98. The van der Waals surface area contributed by atoms with Crippen LogP contribution in [0, 0.1) is 0 Å².